The van der Waals surface area contributed by atoms with Crippen molar-refractivity contribution in [1.29, 1.82) is 0 Å². The molecule has 0 fully saturated rings. The maximum Gasteiger partial charge on any atom is 0.408 e. The molecular formula is C19H27N3O7. The molecule has 1 rings (SSSR count). The van der Waals surface area contributed by atoms with Crippen LogP contribution in [0.2, 0.25) is 0 Å². The number of nitro groups is 1. The van der Waals surface area contributed by atoms with Gasteiger partial charge in [-0.2, -0.15) is 0 Å². The molecule has 160 valence electrons. The Morgan fingerprint density at radius 3 is 2.17 bits per heavy atom. The van der Waals surface area contributed by atoms with Crippen LogP contribution in [0.25, 0.3) is 0 Å². The highest BCUT2D eigenvalue weighted by Crippen LogP contribution is 2.17. The topological polar surface area (TPSA) is 128 Å². The van der Waals surface area contributed by atoms with E-state index in [9.17, 15) is 24.5 Å². The van der Waals surface area contributed by atoms with Crippen LogP contribution in [0.5, 0.6) is 5.75 Å². The zero-order chi connectivity index (χ0) is 22.4. The molecule has 2 amide bonds. The van der Waals surface area contributed by atoms with Crippen molar-refractivity contribution in [3.63, 3.8) is 0 Å². The quantitative estimate of drug-likeness (QED) is 0.317. The average Bonchev–Trinajstić information content (AvgIpc) is 2.57. The van der Waals surface area contributed by atoms with E-state index in [4.69, 9.17) is 9.47 Å². The van der Waals surface area contributed by atoms with E-state index in [1.807, 2.05) is 0 Å². The molecule has 10 nitrogen and oxygen atoms in total. The third kappa shape index (κ3) is 8.16. The standard InChI is InChI=1S/C19H27N3O7/c1-12(2)16(20-18(25)29-19(3,4)5)17(24)21(6)11-15(23)28-14-9-7-13(8-10-14)22(26)27/h7-10,12,16H,11H2,1-6H3,(H,20,25)/t16-/m0/s1. The highest BCUT2D eigenvalue weighted by atomic mass is 16.6. The molecule has 0 aromatic heterocycles. The fourth-order valence-corrected chi connectivity index (χ4v) is 2.26. The molecule has 29 heavy (non-hydrogen) atoms. The van der Waals surface area contributed by atoms with Gasteiger partial charge in [-0.25, -0.2) is 9.59 Å². The fraction of sp³-hybridized carbons (Fsp3) is 0.526. The van der Waals surface area contributed by atoms with Gasteiger partial charge in [-0.05, 0) is 38.8 Å². The van der Waals surface area contributed by atoms with Gasteiger partial charge in [-0.1, -0.05) is 13.8 Å². The highest BCUT2D eigenvalue weighted by molar-refractivity contribution is 5.88. The fourth-order valence-electron chi connectivity index (χ4n) is 2.26. The number of ether oxygens (including phenoxy) is 2. The van der Waals surface area contributed by atoms with E-state index in [1.54, 1.807) is 34.6 Å². The number of nitrogens with one attached hydrogen (secondary N) is 1. The maximum atomic E-state index is 12.7. The van der Waals surface area contributed by atoms with Crippen LogP contribution in [-0.2, 0) is 14.3 Å². The van der Waals surface area contributed by atoms with E-state index in [0.717, 1.165) is 4.90 Å². The molecule has 0 aliphatic rings. The van der Waals surface area contributed by atoms with Crippen molar-refractivity contribution in [2.45, 2.75) is 46.3 Å². The van der Waals surface area contributed by atoms with Crippen molar-refractivity contribution in [3.8, 4) is 5.75 Å². The number of rotatable bonds is 7. The largest absolute Gasteiger partial charge is 0.444 e. The molecule has 0 spiro atoms. The molecule has 1 N–H and O–H groups in total. The minimum atomic E-state index is -0.887. The molecule has 1 atom stereocenters. The summed E-state index contributed by atoms with van der Waals surface area (Å²) in [6, 6.07) is 4.10. The predicted octanol–water partition coefficient (Wildman–Crippen LogP) is 2.51. The zero-order valence-corrected chi connectivity index (χ0v) is 17.4. The lowest BCUT2D eigenvalue weighted by atomic mass is 10.0. The molecule has 0 radical (unpaired) electrons. The van der Waals surface area contributed by atoms with E-state index >= 15 is 0 Å². The number of nitrogens with zero attached hydrogens (tertiary/aromatic N) is 2. The van der Waals surface area contributed by atoms with Crippen LogP contribution >= 0.6 is 0 Å². The van der Waals surface area contributed by atoms with Gasteiger partial charge in [0.1, 0.15) is 23.9 Å². The Balaban J connectivity index is 2.70. The number of nitro benzene ring substituents is 1. The number of hydrogen-bond acceptors (Lipinski definition) is 7. The van der Waals surface area contributed by atoms with Crippen LogP contribution in [0, 0.1) is 16.0 Å². The second kappa shape index (κ2) is 9.85. The summed E-state index contributed by atoms with van der Waals surface area (Å²) in [4.78, 5) is 48.0. The van der Waals surface area contributed by atoms with Crippen LogP contribution in [0.4, 0.5) is 10.5 Å². The lowest BCUT2D eigenvalue weighted by molar-refractivity contribution is -0.384. The molecule has 1 aromatic rings. The number of benzene rings is 1. The Morgan fingerprint density at radius 1 is 1.17 bits per heavy atom. The van der Waals surface area contributed by atoms with Crippen LogP contribution < -0.4 is 10.1 Å². The number of carbonyl (C=O) groups is 3. The van der Waals surface area contributed by atoms with Gasteiger partial charge in [0.2, 0.25) is 5.91 Å². The first-order valence-electron chi connectivity index (χ1n) is 8.99. The van der Waals surface area contributed by atoms with Crippen molar-refractivity contribution in [1.82, 2.24) is 10.2 Å². The Kier molecular flexibility index (Phi) is 8.11. The summed E-state index contributed by atoms with van der Waals surface area (Å²) >= 11 is 0. The molecule has 0 heterocycles. The lowest BCUT2D eigenvalue weighted by Gasteiger charge is -2.28. The smallest absolute Gasteiger partial charge is 0.408 e. The highest BCUT2D eigenvalue weighted by Gasteiger charge is 2.30. The molecule has 0 saturated carbocycles. The molecule has 10 heteroatoms. The number of hydrogen-bond donors (Lipinski definition) is 1. The number of esters is 1. The summed E-state index contributed by atoms with van der Waals surface area (Å²) in [7, 11) is 1.41. The Hall–Kier alpha value is -3.17. The Morgan fingerprint density at radius 2 is 1.72 bits per heavy atom. The van der Waals surface area contributed by atoms with Gasteiger partial charge in [-0.3, -0.25) is 14.9 Å². The summed E-state index contributed by atoms with van der Waals surface area (Å²) < 4.78 is 10.3. The molecule has 0 aliphatic carbocycles. The first-order chi connectivity index (χ1) is 13.3. The van der Waals surface area contributed by atoms with E-state index in [1.165, 1.54) is 31.3 Å². The molecule has 0 aliphatic heterocycles. The van der Waals surface area contributed by atoms with Gasteiger partial charge in [-0.15, -0.1) is 0 Å². The van der Waals surface area contributed by atoms with Crippen molar-refractivity contribution in [3.05, 3.63) is 34.4 Å². The summed E-state index contributed by atoms with van der Waals surface area (Å²) in [6.07, 6.45) is -0.730. The lowest BCUT2D eigenvalue weighted by Crippen LogP contribution is -2.52. The van der Waals surface area contributed by atoms with Crippen LogP contribution in [-0.4, -0.2) is 53.0 Å². The number of alkyl carbamates (subject to hydrolysis) is 1. The van der Waals surface area contributed by atoms with Crippen LogP contribution in [0.3, 0.4) is 0 Å². The van der Waals surface area contributed by atoms with Crippen molar-refractivity contribution < 1.29 is 28.8 Å². The minimum absolute atomic E-state index is 0.119. The van der Waals surface area contributed by atoms with Gasteiger partial charge in [0.25, 0.3) is 5.69 Å². The predicted molar refractivity (Wildman–Crippen MR) is 104 cm³/mol. The Labute approximate surface area is 169 Å². The summed E-state index contributed by atoms with van der Waals surface area (Å²) in [5.41, 5.74) is -0.847. The molecule has 0 unspecified atom stereocenters. The van der Waals surface area contributed by atoms with Gasteiger partial charge < -0.3 is 19.7 Å². The van der Waals surface area contributed by atoms with E-state index in [-0.39, 0.29) is 23.9 Å². The van der Waals surface area contributed by atoms with E-state index < -0.39 is 34.5 Å². The average molecular weight is 409 g/mol. The van der Waals surface area contributed by atoms with Gasteiger partial charge >= 0.3 is 12.1 Å². The van der Waals surface area contributed by atoms with E-state index in [0.29, 0.717) is 0 Å². The number of amides is 2. The SMILES string of the molecule is CC(C)[C@H](NC(=O)OC(C)(C)C)C(=O)N(C)CC(=O)Oc1ccc([N+](=O)[O-])cc1. The third-order valence-electron chi connectivity index (χ3n) is 3.63. The second-order valence-electron chi connectivity index (χ2n) is 7.79. The van der Waals surface area contributed by atoms with Crippen LogP contribution in [0.1, 0.15) is 34.6 Å². The van der Waals surface area contributed by atoms with Gasteiger partial charge in [0.15, 0.2) is 0 Å². The molecule has 0 saturated heterocycles. The van der Waals surface area contributed by atoms with Gasteiger partial charge in [0, 0.05) is 19.2 Å². The van der Waals surface area contributed by atoms with E-state index in [2.05, 4.69) is 5.32 Å². The van der Waals surface area contributed by atoms with Crippen LogP contribution in [0.15, 0.2) is 24.3 Å². The van der Waals surface area contributed by atoms with Gasteiger partial charge in [0.05, 0.1) is 4.92 Å². The molecule has 1 aromatic carbocycles. The monoisotopic (exact) mass is 409 g/mol. The summed E-state index contributed by atoms with van der Waals surface area (Å²) in [6.45, 7) is 8.26. The Bertz CT molecular complexity index is 754. The zero-order valence-electron chi connectivity index (χ0n) is 17.4. The second-order valence-corrected chi connectivity index (χ2v) is 7.79. The summed E-state index contributed by atoms with van der Waals surface area (Å²) in [5.74, 6) is -1.34. The number of non-ortho nitro benzene ring substituents is 1. The first kappa shape index (κ1) is 23.9. The minimum Gasteiger partial charge on any atom is -0.444 e. The third-order valence-corrected chi connectivity index (χ3v) is 3.63. The maximum absolute atomic E-state index is 12.7. The molecular weight excluding hydrogens is 382 g/mol. The van der Waals surface area contributed by atoms with Crippen molar-refractivity contribution >= 4 is 23.7 Å². The van der Waals surface area contributed by atoms with Crippen molar-refractivity contribution in [2.75, 3.05) is 13.6 Å². The number of likely N-dealkylation sites (N-methyl/N-ethyl adjacent to an activating group) is 1. The van der Waals surface area contributed by atoms with Crippen molar-refractivity contribution in [2.24, 2.45) is 5.92 Å². The normalized spacial score (nSPS) is 12.1. The first-order valence-corrected chi connectivity index (χ1v) is 8.99. The molecule has 0 bridgehead atoms. The summed E-state index contributed by atoms with van der Waals surface area (Å²) in [5, 5.41) is 13.2. The number of carbonyl (C=O) groups excluding carboxylic acids is 3.